The third kappa shape index (κ3) is 2.12. The minimum atomic E-state index is -0.181. The van der Waals surface area contributed by atoms with Gasteiger partial charge < -0.3 is 19.7 Å². The Kier molecular flexibility index (Phi) is 3.25. The SMILES string of the molecule is OCC1Cc2nc3c(nc2CO1)CC(CO)OC3. The monoisotopic (exact) mass is 252 g/mol. The average molecular weight is 252 g/mol. The average Bonchev–Trinajstić information content (AvgIpc) is 2.43. The Labute approximate surface area is 105 Å². The van der Waals surface area contributed by atoms with Crippen LogP contribution in [0.5, 0.6) is 0 Å². The molecule has 2 N–H and O–H groups in total. The lowest BCUT2D eigenvalue weighted by Gasteiger charge is -2.27. The van der Waals surface area contributed by atoms with Crippen LogP contribution in [0.2, 0.25) is 0 Å². The highest BCUT2D eigenvalue weighted by Gasteiger charge is 2.26. The first-order chi connectivity index (χ1) is 8.80. The van der Waals surface area contributed by atoms with Crippen molar-refractivity contribution >= 4 is 0 Å². The fourth-order valence-corrected chi connectivity index (χ4v) is 2.32. The second-order valence-corrected chi connectivity index (χ2v) is 4.65. The van der Waals surface area contributed by atoms with Crippen LogP contribution in [0.4, 0.5) is 0 Å². The lowest BCUT2D eigenvalue weighted by Crippen LogP contribution is -2.32. The molecule has 2 aliphatic rings. The predicted molar refractivity (Wildman–Crippen MR) is 60.8 cm³/mol. The van der Waals surface area contributed by atoms with Gasteiger partial charge in [0, 0.05) is 12.8 Å². The van der Waals surface area contributed by atoms with E-state index in [1.165, 1.54) is 0 Å². The summed E-state index contributed by atoms with van der Waals surface area (Å²) < 4.78 is 10.9. The first-order valence-corrected chi connectivity index (χ1v) is 6.12. The highest BCUT2D eigenvalue weighted by Crippen LogP contribution is 2.23. The van der Waals surface area contributed by atoms with Crippen LogP contribution in [0.15, 0.2) is 0 Å². The topological polar surface area (TPSA) is 84.7 Å². The van der Waals surface area contributed by atoms with Crippen LogP contribution in [-0.2, 0) is 35.5 Å². The van der Waals surface area contributed by atoms with Crippen molar-refractivity contribution in [3.05, 3.63) is 22.8 Å². The number of aliphatic hydroxyl groups is 2. The summed E-state index contributed by atoms with van der Waals surface area (Å²) in [4.78, 5) is 9.12. The quantitative estimate of drug-likeness (QED) is 0.727. The van der Waals surface area contributed by atoms with E-state index in [9.17, 15) is 0 Å². The number of ether oxygens (including phenoxy) is 2. The number of aromatic nitrogens is 2. The van der Waals surface area contributed by atoms with Crippen LogP contribution >= 0.6 is 0 Å². The summed E-state index contributed by atoms with van der Waals surface area (Å²) in [5.74, 6) is 0. The molecule has 1 aromatic heterocycles. The number of fused-ring (bicyclic) bond motifs is 2. The second kappa shape index (κ2) is 4.89. The molecule has 0 spiro atoms. The number of hydrogen-bond acceptors (Lipinski definition) is 6. The Hall–Kier alpha value is -1.08. The first-order valence-electron chi connectivity index (χ1n) is 6.12. The van der Waals surface area contributed by atoms with Gasteiger partial charge in [-0.3, -0.25) is 9.97 Å². The zero-order chi connectivity index (χ0) is 12.5. The molecule has 0 radical (unpaired) electrons. The van der Waals surface area contributed by atoms with Crippen molar-refractivity contribution in [2.75, 3.05) is 13.2 Å². The van der Waals surface area contributed by atoms with Crippen LogP contribution in [0.1, 0.15) is 22.8 Å². The van der Waals surface area contributed by atoms with Gasteiger partial charge >= 0.3 is 0 Å². The van der Waals surface area contributed by atoms with Crippen molar-refractivity contribution in [2.24, 2.45) is 0 Å². The maximum atomic E-state index is 9.10. The largest absolute Gasteiger partial charge is 0.394 e. The number of aliphatic hydroxyl groups excluding tert-OH is 2. The van der Waals surface area contributed by atoms with E-state index in [0.29, 0.717) is 26.1 Å². The molecule has 2 aliphatic heterocycles. The van der Waals surface area contributed by atoms with Gasteiger partial charge in [0.05, 0.1) is 61.4 Å². The molecule has 2 atom stereocenters. The second-order valence-electron chi connectivity index (χ2n) is 4.65. The molecule has 18 heavy (non-hydrogen) atoms. The maximum absolute atomic E-state index is 9.10. The molecule has 1 aromatic rings. The van der Waals surface area contributed by atoms with Gasteiger partial charge in [-0.05, 0) is 0 Å². The van der Waals surface area contributed by atoms with Crippen molar-refractivity contribution in [1.82, 2.24) is 9.97 Å². The fourth-order valence-electron chi connectivity index (χ4n) is 2.32. The Balaban J connectivity index is 1.88. The third-order valence-electron chi connectivity index (χ3n) is 3.37. The lowest BCUT2D eigenvalue weighted by atomic mass is 10.1. The highest BCUT2D eigenvalue weighted by molar-refractivity contribution is 5.23. The lowest BCUT2D eigenvalue weighted by molar-refractivity contribution is -0.0175. The molecule has 6 nitrogen and oxygen atoms in total. The van der Waals surface area contributed by atoms with Crippen LogP contribution in [-0.4, -0.2) is 45.6 Å². The van der Waals surface area contributed by atoms with Gasteiger partial charge in [0.1, 0.15) is 0 Å². The van der Waals surface area contributed by atoms with Crippen molar-refractivity contribution in [2.45, 2.75) is 38.3 Å². The standard InChI is InChI=1S/C12H16N2O4/c15-3-7-1-9-11(5-17-7)14-10-2-8(4-16)18-6-12(10)13-9/h7-8,15-16H,1-6H2. The Morgan fingerprint density at radius 3 is 1.67 bits per heavy atom. The van der Waals surface area contributed by atoms with Crippen molar-refractivity contribution in [3.8, 4) is 0 Å². The van der Waals surface area contributed by atoms with Gasteiger partial charge in [-0.15, -0.1) is 0 Å². The summed E-state index contributed by atoms with van der Waals surface area (Å²) >= 11 is 0. The molecule has 0 saturated heterocycles. The molecule has 3 rings (SSSR count). The van der Waals surface area contributed by atoms with Gasteiger partial charge in [0.15, 0.2) is 0 Å². The van der Waals surface area contributed by atoms with Crippen molar-refractivity contribution in [1.29, 1.82) is 0 Å². The van der Waals surface area contributed by atoms with Crippen molar-refractivity contribution in [3.63, 3.8) is 0 Å². The Bertz CT molecular complexity index is 410. The summed E-state index contributed by atoms with van der Waals surface area (Å²) in [6.45, 7) is 0.791. The molecule has 0 saturated carbocycles. The van der Waals surface area contributed by atoms with E-state index in [4.69, 9.17) is 19.7 Å². The highest BCUT2D eigenvalue weighted by atomic mass is 16.5. The normalized spacial score (nSPS) is 26.6. The van der Waals surface area contributed by atoms with E-state index in [0.717, 1.165) is 22.8 Å². The van der Waals surface area contributed by atoms with Crippen LogP contribution in [0, 0.1) is 0 Å². The predicted octanol–water partition coefficient (Wildman–Crippen LogP) is -0.656. The zero-order valence-corrected chi connectivity index (χ0v) is 10.0. The molecule has 0 aliphatic carbocycles. The minimum absolute atomic E-state index is 0.00128. The number of rotatable bonds is 2. The van der Waals surface area contributed by atoms with E-state index in [2.05, 4.69) is 9.97 Å². The fraction of sp³-hybridized carbons (Fsp3) is 0.667. The smallest absolute Gasteiger partial charge is 0.0911 e. The zero-order valence-electron chi connectivity index (χ0n) is 10.0. The molecule has 0 fully saturated rings. The van der Waals surface area contributed by atoms with Gasteiger partial charge in [0.25, 0.3) is 0 Å². The maximum Gasteiger partial charge on any atom is 0.0911 e. The molecular weight excluding hydrogens is 236 g/mol. The van der Waals surface area contributed by atoms with Crippen LogP contribution < -0.4 is 0 Å². The molecule has 2 unspecified atom stereocenters. The summed E-state index contributed by atoms with van der Waals surface area (Å²) in [5, 5.41) is 18.2. The van der Waals surface area contributed by atoms with Gasteiger partial charge in [0.2, 0.25) is 0 Å². The molecule has 0 aromatic carbocycles. The van der Waals surface area contributed by atoms with E-state index in [-0.39, 0.29) is 25.4 Å². The van der Waals surface area contributed by atoms with Crippen LogP contribution in [0.3, 0.4) is 0 Å². The Morgan fingerprint density at radius 1 is 0.833 bits per heavy atom. The number of nitrogens with zero attached hydrogens (tertiary/aromatic N) is 2. The van der Waals surface area contributed by atoms with Crippen molar-refractivity contribution < 1.29 is 19.7 Å². The molecule has 3 heterocycles. The van der Waals surface area contributed by atoms with E-state index < -0.39 is 0 Å². The van der Waals surface area contributed by atoms with Crippen LogP contribution in [0.25, 0.3) is 0 Å². The summed E-state index contributed by atoms with van der Waals surface area (Å²) in [5.41, 5.74) is 3.48. The molecule has 0 amide bonds. The molecule has 0 bridgehead atoms. The van der Waals surface area contributed by atoms with Gasteiger partial charge in [-0.2, -0.15) is 0 Å². The van der Waals surface area contributed by atoms with E-state index in [1.54, 1.807) is 0 Å². The van der Waals surface area contributed by atoms with E-state index in [1.807, 2.05) is 0 Å². The summed E-state index contributed by atoms with van der Waals surface area (Å²) in [6.07, 6.45) is 0.824. The van der Waals surface area contributed by atoms with Gasteiger partial charge in [-0.25, -0.2) is 0 Å². The third-order valence-corrected chi connectivity index (χ3v) is 3.37. The van der Waals surface area contributed by atoms with Gasteiger partial charge in [-0.1, -0.05) is 0 Å². The Morgan fingerprint density at radius 2 is 1.28 bits per heavy atom. The molecule has 98 valence electrons. The number of hydrogen-bond donors (Lipinski definition) is 2. The molecule has 6 heteroatoms. The summed E-state index contributed by atoms with van der Waals surface area (Å²) in [7, 11) is 0. The molecular formula is C12H16N2O4. The van der Waals surface area contributed by atoms with E-state index >= 15 is 0 Å². The summed E-state index contributed by atoms with van der Waals surface area (Å²) in [6, 6.07) is 0. The first kappa shape index (κ1) is 12.0. The minimum Gasteiger partial charge on any atom is -0.394 e.